The zero-order valence-electron chi connectivity index (χ0n) is 14.0. The molecule has 0 saturated carbocycles. The Hall–Kier alpha value is -2.86. The maximum atomic E-state index is 12.2. The molecule has 0 heterocycles. The first kappa shape index (κ1) is 18.5. The summed E-state index contributed by atoms with van der Waals surface area (Å²) >= 11 is 0. The van der Waals surface area contributed by atoms with Gasteiger partial charge in [0.15, 0.2) is 0 Å². The van der Waals surface area contributed by atoms with E-state index in [1.165, 1.54) is 0 Å². The summed E-state index contributed by atoms with van der Waals surface area (Å²) < 4.78 is 10.4. The average molecular weight is 343 g/mol. The predicted molar refractivity (Wildman–Crippen MR) is 93.3 cm³/mol. The lowest BCUT2D eigenvalue weighted by Crippen LogP contribution is -2.25. The fourth-order valence-electron chi connectivity index (χ4n) is 2.25. The van der Waals surface area contributed by atoms with Crippen molar-refractivity contribution in [2.24, 2.45) is 0 Å². The highest BCUT2D eigenvalue weighted by Crippen LogP contribution is 2.13. The molecule has 0 radical (unpaired) electrons. The molecule has 0 aliphatic carbocycles. The van der Waals surface area contributed by atoms with E-state index in [9.17, 15) is 9.59 Å². The quantitative estimate of drug-likeness (QED) is 0.683. The lowest BCUT2D eigenvalue weighted by Gasteiger charge is -2.09. The molecule has 0 aliphatic heterocycles. The molecular weight excluding hydrogens is 322 g/mol. The van der Waals surface area contributed by atoms with Crippen molar-refractivity contribution < 1.29 is 24.2 Å². The van der Waals surface area contributed by atoms with Gasteiger partial charge < -0.3 is 19.9 Å². The second kappa shape index (κ2) is 9.44. The van der Waals surface area contributed by atoms with Crippen LogP contribution in [-0.2, 0) is 11.2 Å². The molecule has 25 heavy (non-hydrogen) atoms. The average Bonchev–Trinajstić information content (AvgIpc) is 2.62. The van der Waals surface area contributed by atoms with Gasteiger partial charge in [0.1, 0.15) is 12.4 Å². The summed E-state index contributed by atoms with van der Waals surface area (Å²) in [6.07, 6.45) is 0.552. The van der Waals surface area contributed by atoms with Gasteiger partial charge in [0.25, 0.3) is 5.91 Å². The number of rotatable bonds is 9. The van der Waals surface area contributed by atoms with E-state index in [1.54, 1.807) is 49.6 Å². The molecule has 0 unspecified atom stereocenters. The van der Waals surface area contributed by atoms with E-state index in [4.69, 9.17) is 14.6 Å². The van der Waals surface area contributed by atoms with Crippen LogP contribution in [0, 0.1) is 0 Å². The summed E-state index contributed by atoms with van der Waals surface area (Å²) in [4.78, 5) is 23.2. The monoisotopic (exact) mass is 343 g/mol. The molecule has 6 heteroatoms. The van der Waals surface area contributed by atoms with E-state index in [0.717, 1.165) is 5.56 Å². The molecule has 0 aromatic heterocycles. The van der Waals surface area contributed by atoms with Gasteiger partial charge in [-0.1, -0.05) is 18.2 Å². The van der Waals surface area contributed by atoms with E-state index >= 15 is 0 Å². The van der Waals surface area contributed by atoms with Crippen LogP contribution in [0.3, 0.4) is 0 Å². The van der Waals surface area contributed by atoms with Gasteiger partial charge in [0, 0.05) is 19.2 Å². The maximum Gasteiger partial charge on any atom is 0.335 e. The van der Waals surface area contributed by atoms with Crippen LogP contribution in [0.1, 0.15) is 26.3 Å². The molecule has 2 rings (SSSR count). The van der Waals surface area contributed by atoms with Crippen molar-refractivity contribution in [2.75, 3.05) is 26.9 Å². The van der Waals surface area contributed by atoms with Crippen LogP contribution in [0.15, 0.2) is 48.5 Å². The van der Waals surface area contributed by atoms with Gasteiger partial charge >= 0.3 is 5.97 Å². The number of hydrogen-bond acceptors (Lipinski definition) is 4. The highest BCUT2D eigenvalue weighted by Gasteiger charge is 2.07. The molecule has 0 fully saturated rings. The van der Waals surface area contributed by atoms with Crippen LogP contribution >= 0.6 is 0 Å². The van der Waals surface area contributed by atoms with E-state index in [1.807, 2.05) is 6.07 Å². The molecule has 0 aliphatic rings. The summed E-state index contributed by atoms with van der Waals surface area (Å²) in [5.41, 5.74) is 1.61. The van der Waals surface area contributed by atoms with E-state index in [-0.39, 0.29) is 11.5 Å². The topological polar surface area (TPSA) is 84.9 Å². The van der Waals surface area contributed by atoms with Crippen molar-refractivity contribution in [3.05, 3.63) is 65.2 Å². The smallest absolute Gasteiger partial charge is 0.335 e. The van der Waals surface area contributed by atoms with Gasteiger partial charge in [-0.15, -0.1) is 0 Å². The van der Waals surface area contributed by atoms with Crippen molar-refractivity contribution in [2.45, 2.75) is 6.42 Å². The summed E-state index contributed by atoms with van der Waals surface area (Å²) in [6.45, 7) is 1.31. The Morgan fingerprint density at radius 2 is 1.80 bits per heavy atom. The largest absolute Gasteiger partial charge is 0.491 e. The molecule has 0 spiro atoms. The normalized spacial score (nSPS) is 10.3. The van der Waals surface area contributed by atoms with Crippen molar-refractivity contribution in [1.82, 2.24) is 5.32 Å². The van der Waals surface area contributed by atoms with Gasteiger partial charge in [-0.25, -0.2) is 4.79 Å². The van der Waals surface area contributed by atoms with Crippen molar-refractivity contribution >= 4 is 11.9 Å². The predicted octanol–water partition coefficient (Wildman–Crippen LogP) is 2.38. The molecule has 2 aromatic rings. The molecule has 0 bridgehead atoms. The van der Waals surface area contributed by atoms with Crippen LogP contribution in [0.5, 0.6) is 5.75 Å². The van der Waals surface area contributed by atoms with Crippen LogP contribution < -0.4 is 10.1 Å². The van der Waals surface area contributed by atoms with Gasteiger partial charge in [-0.2, -0.15) is 0 Å². The Morgan fingerprint density at radius 1 is 1.04 bits per heavy atom. The van der Waals surface area contributed by atoms with Crippen molar-refractivity contribution in [3.63, 3.8) is 0 Å². The molecule has 2 aromatic carbocycles. The lowest BCUT2D eigenvalue weighted by molar-refractivity contribution is 0.0696. The van der Waals surface area contributed by atoms with Crippen LogP contribution in [0.4, 0.5) is 0 Å². The lowest BCUT2D eigenvalue weighted by atomic mass is 10.1. The number of ether oxygens (including phenoxy) is 2. The number of carboxylic acid groups (broad SMARTS) is 1. The number of nitrogens with one attached hydrogen (secondary N) is 1. The van der Waals surface area contributed by atoms with Gasteiger partial charge in [-0.3, -0.25) is 4.79 Å². The number of carbonyl (C=O) groups is 2. The molecule has 1 amide bonds. The summed E-state index contributed by atoms with van der Waals surface area (Å²) in [5.74, 6) is -0.554. The number of aromatic carboxylic acids is 1. The third kappa shape index (κ3) is 5.93. The fraction of sp³-hybridized carbons (Fsp3) is 0.263. The third-order valence-corrected chi connectivity index (χ3v) is 3.53. The molecule has 6 nitrogen and oxygen atoms in total. The summed E-state index contributed by atoms with van der Waals surface area (Å²) in [6, 6.07) is 13.6. The molecular formula is C19H21NO5. The first-order valence-electron chi connectivity index (χ1n) is 7.92. The highest BCUT2D eigenvalue weighted by atomic mass is 16.5. The van der Waals surface area contributed by atoms with Crippen molar-refractivity contribution in [3.8, 4) is 5.75 Å². The van der Waals surface area contributed by atoms with E-state index < -0.39 is 5.97 Å². The Kier molecular flexibility index (Phi) is 6.98. The van der Waals surface area contributed by atoms with E-state index in [2.05, 4.69) is 5.32 Å². The van der Waals surface area contributed by atoms with Crippen molar-refractivity contribution in [1.29, 1.82) is 0 Å². The van der Waals surface area contributed by atoms with Crippen LogP contribution in [-0.4, -0.2) is 43.9 Å². The highest BCUT2D eigenvalue weighted by molar-refractivity contribution is 5.94. The second-order valence-corrected chi connectivity index (χ2v) is 5.38. The van der Waals surface area contributed by atoms with Crippen LogP contribution in [0.2, 0.25) is 0 Å². The Balaban J connectivity index is 1.87. The first-order valence-corrected chi connectivity index (χ1v) is 7.92. The number of hydrogen-bond donors (Lipinski definition) is 2. The first-order chi connectivity index (χ1) is 12.1. The number of benzene rings is 2. The van der Waals surface area contributed by atoms with E-state index in [0.29, 0.717) is 37.5 Å². The van der Waals surface area contributed by atoms with Crippen LogP contribution in [0.25, 0.3) is 0 Å². The zero-order valence-corrected chi connectivity index (χ0v) is 14.0. The van der Waals surface area contributed by atoms with Gasteiger partial charge in [-0.05, 0) is 42.3 Å². The maximum absolute atomic E-state index is 12.2. The number of methoxy groups -OCH3 is 1. The Morgan fingerprint density at radius 3 is 2.56 bits per heavy atom. The summed E-state index contributed by atoms with van der Waals surface area (Å²) in [5, 5.41) is 11.8. The fourth-order valence-corrected chi connectivity index (χ4v) is 2.25. The standard InChI is InChI=1S/C19H21NO5/c1-24-10-11-25-17-7-3-5-15(13-17)18(21)20-9-8-14-4-2-6-16(12-14)19(22)23/h2-7,12-13H,8-11H2,1H3,(H,20,21)(H,22,23). The molecule has 0 saturated heterocycles. The zero-order chi connectivity index (χ0) is 18.1. The minimum absolute atomic E-state index is 0.202. The summed E-state index contributed by atoms with van der Waals surface area (Å²) in [7, 11) is 1.60. The minimum atomic E-state index is -0.962. The molecule has 2 N–H and O–H groups in total. The number of carboxylic acids is 1. The van der Waals surface area contributed by atoms with Gasteiger partial charge in [0.2, 0.25) is 0 Å². The van der Waals surface area contributed by atoms with Gasteiger partial charge in [0.05, 0.1) is 12.2 Å². The minimum Gasteiger partial charge on any atom is -0.491 e. The number of amides is 1. The third-order valence-electron chi connectivity index (χ3n) is 3.53. The SMILES string of the molecule is COCCOc1cccc(C(=O)NCCc2cccc(C(=O)O)c2)c1. The Bertz CT molecular complexity index is 729. The molecule has 132 valence electrons. The second-order valence-electron chi connectivity index (χ2n) is 5.38. The number of carbonyl (C=O) groups excluding carboxylic acids is 1. The Labute approximate surface area is 146 Å². The molecule has 0 atom stereocenters.